The summed E-state index contributed by atoms with van der Waals surface area (Å²) in [4.78, 5) is 11.0. The average molecular weight is 379 g/mol. The van der Waals surface area contributed by atoms with Gasteiger partial charge in [-0.2, -0.15) is 0 Å². The molecule has 0 radical (unpaired) electrons. The second kappa shape index (κ2) is 3.44. The third-order valence-electron chi connectivity index (χ3n) is 0.923. The maximum absolute atomic E-state index is 11.0. The number of hydrogen-bond donors (Lipinski definition) is 1. The highest BCUT2D eigenvalue weighted by molar-refractivity contribution is 14.1. The van der Waals surface area contributed by atoms with Gasteiger partial charge in [-0.15, -0.1) is 0 Å². The van der Waals surface area contributed by atoms with Gasteiger partial charge in [0.25, 0.3) is 5.56 Å². The van der Waals surface area contributed by atoms with E-state index in [0.29, 0.717) is 3.57 Å². The Bertz CT molecular complexity index is 283. The van der Waals surface area contributed by atoms with E-state index < -0.39 is 0 Å². The van der Waals surface area contributed by atoms with Gasteiger partial charge in [0.2, 0.25) is 0 Å². The largest absolute Gasteiger partial charge is 0.273 e. The predicted octanol–water partition coefficient (Wildman–Crippen LogP) is 1.75. The maximum atomic E-state index is 11.0. The molecule has 2 nitrogen and oxygen atoms in total. The molecule has 0 bridgehead atoms. The Morgan fingerprint density at radius 1 is 1.50 bits per heavy atom. The summed E-state index contributed by atoms with van der Waals surface area (Å²) in [7, 11) is 0. The van der Waals surface area contributed by atoms with Gasteiger partial charge >= 0.3 is 0 Å². The summed E-state index contributed by atoms with van der Waals surface area (Å²) in [6.45, 7) is 0. The SMILES string of the molecule is O=c1c(I)cc(I)cn1S. The zero-order valence-electron chi connectivity index (χ0n) is 4.71. The topological polar surface area (TPSA) is 22.0 Å². The van der Waals surface area contributed by atoms with Crippen molar-refractivity contribution in [3.05, 3.63) is 29.8 Å². The van der Waals surface area contributed by atoms with Gasteiger partial charge in [0.05, 0.1) is 3.57 Å². The highest BCUT2D eigenvalue weighted by Crippen LogP contribution is 2.06. The van der Waals surface area contributed by atoms with Crippen LogP contribution in [0.2, 0.25) is 0 Å². The Kier molecular flexibility index (Phi) is 3.04. The number of pyridine rings is 1. The van der Waals surface area contributed by atoms with Crippen molar-refractivity contribution in [1.82, 2.24) is 3.97 Å². The summed E-state index contributed by atoms with van der Waals surface area (Å²) in [5.74, 6) is 0. The first-order chi connectivity index (χ1) is 4.61. The summed E-state index contributed by atoms with van der Waals surface area (Å²) < 4.78 is 2.99. The smallest absolute Gasteiger partial charge is 0.267 e. The fourth-order valence-electron chi connectivity index (χ4n) is 0.505. The van der Waals surface area contributed by atoms with E-state index >= 15 is 0 Å². The molecule has 0 aliphatic carbocycles. The Hall–Kier alpha value is 0.760. The van der Waals surface area contributed by atoms with Gasteiger partial charge in [-0.1, -0.05) is 12.8 Å². The van der Waals surface area contributed by atoms with Gasteiger partial charge in [0, 0.05) is 9.77 Å². The monoisotopic (exact) mass is 379 g/mol. The molecule has 0 saturated carbocycles. The van der Waals surface area contributed by atoms with Gasteiger partial charge in [-0.25, -0.2) is 0 Å². The van der Waals surface area contributed by atoms with Crippen LogP contribution in [0.5, 0.6) is 0 Å². The Morgan fingerprint density at radius 2 is 2.10 bits per heavy atom. The van der Waals surface area contributed by atoms with Crippen LogP contribution in [0, 0.1) is 7.14 Å². The van der Waals surface area contributed by atoms with Crippen molar-refractivity contribution in [1.29, 1.82) is 0 Å². The number of hydrogen-bond acceptors (Lipinski definition) is 2. The number of aromatic nitrogens is 1. The summed E-state index contributed by atoms with van der Waals surface area (Å²) in [6.07, 6.45) is 1.67. The fourth-order valence-corrected chi connectivity index (χ4v) is 2.93. The Labute approximate surface area is 90.8 Å². The van der Waals surface area contributed by atoms with Crippen LogP contribution >= 0.6 is 58.0 Å². The van der Waals surface area contributed by atoms with E-state index in [0.717, 1.165) is 3.57 Å². The van der Waals surface area contributed by atoms with E-state index in [1.165, 1.54) is 3.97 Å². The standard InChI is InChI=1S/C5H3I2NOS/c6-3-1-4(7)5(9)8(10)2-3/h1-2,10H. The second-order valence-electron chi connectivity index (χ2n) is 1.66. The van der Waals surface area contributed by atoms with Crippen LogP contribution in [0.1, 0.15) is 0 Å². The molecule has 0 saturated heterocycles. The summed E-state index contributed by atoms with van der Waals surface area (Å²) in [6, 6.07) is 1.82. The first kappa shape index (κ1) is 8.85. The molecule has 10 heavy (non-hydrogen) atoms. The van der Waals surface area contributed by atoms with E-state index in [9.17, 15) is 4.79 Å². The first-order valence-electron chi connectivity index (χ1n) is 2.38. The molecule has 1 rings (SSSR count). The molecule has 1 aromatic heterocycles. The lowest BCUT2D eigenvalue weighted by atomic mass is 10.5. The lowest BCUT2D eigenvalue weighted by Gasteiger charge is -1.96. The summed E-state index contributed by atoms with van der Waals surface area (Å²) in [5, 5.41) is 0. The molecule has 5 heteroatoms. The molecule has 0 unspecified atom stereocenters. The first-order valence-corrected chi connectivity index (χ1v) is 4.94. The molecule has 0 aliphatic rings. The van der Waals surface area contributed by atoms with Gasteiger partial charge < -0.3 is 0 Å². The quantitative estimate of drug-likeness (QED) is 0.539. The number of nitrogens with zero attached hydrogens (tertiary/aromatic N) is 1. The van der Waals surface area contributed by atoms with Crippen LogP contribution in [0.4, 0.5) is 0 Å². The highest BCUT2D eigenvalue weighted by Gasteiger charge is 1.98. The van der Waals surface area contributed by atoms with Gasteiger partial charge in [0.15, 0.2) is 0 Å². The van der Waals surface area contributed by atoms with E-state index in [1.54, 1.807) is 6.20 Å². The molecule has 0 N–H and O–H groups in total. The third-order valence-corrected chi connectivity index (χ3v) is 2.58. The van der Waals surface area contributed by atoms with E-state index in [4.69, 9.17) is 0 Å². The maximum Gasteiger partial charge on any atom is 0.273 e. The minimum absolute atomic E-state index is 0.0654. The number of halogens is 2. The molecule has 1 aromatic rings. The van der Waals surface area contributed by atoms with Crippen LogP contribution in [-0.2, 0) is 0 Å². The van der Waals surface area contributed by atoms with Gasteiger partial charge in [-0.3, -0.25) is 8.77 Å². The molecule has 0 spiro atoms. The van der Waals surface area contributed by atoms with Crippen molar-refractivity contribution in [3.63, 3.8) is 0 Å². The normalized spacial score (nSPS) is 9.90. The van der Waals surface area contributed by atoms with Gasteiger partial charge in [-0.05, 0) is 51.2 Å². The molecule has 0 aliphatic heterocycles. The molecule has 54 valence electrons. The van der Waals surface area contributed by atoms with Crippen molar-refractivity contribution in [2.75, 3.05) is 0 Å². The number of thiol groups is 1. The number of rotatable bonds is 0. The van der Waals surface area contributed by atoms with E-state index in [2.05, 4.69) is 35.4 Å². The zero-order valence-corrected chi connectivity index (χ0v) is 9.92. The molecular weight excluding hydrogens is 376 g/mol. The second-order valence-corrected chi connectivity index (χ2v) is 4.49. The average Bonchev–Trinajstić information content (AvgIpc) is 1.82. The van der Waals surface area contributed by atoms with Crippen LogP contribution in [-0.4, -0.2) is 3.97 Å². The fraction of sp³-hybridized carbons (Fsp3) is 0. The predicted molar refractivity (Wildman–Crippen MR) is 60.5 cm³/mol. The highest BCUT2D eigenvalue weighted by atomic mass is 127. The van der Waals surface area contributed by atoms with Crippen LogP contribution in [0.25, 0.3) is 0 Å². The summed E-state index contributed by atoms with van der Waals surface area (Å²) >= 11 is 8.05. The van der Waals surface area contributed by atoms with Crippen LogP contribution in [0.3, 0.4) is 0 Å². The molecule has 0 aromatic carbocycles. The minimum atomic E-state index is -0.0654. The van der Waals surface area contributed by atoms with Crippen molar-refractivity contribution in [2.45, 2.75) is 0 Å². The molecule has 1 heterocycles. The minimum Gasteiger partial charge on any atom is -0.267 e. The lowest BCUT2D eigenvalue weighted by Crippen LogP contribution is -2.15. The van der Waals surface area contributed by atoms with E-state index in [1.807, 2.05) is 28.7 Å². The Balaban J connectivity index is 3.46. The van der Waals surface area contributed by atoms with Crippen molar-refractivity contribution < 1.29 is 0 Å². The molecule has 0 atom stereocenters. The third kappa shape index (κ3) is 1.88. The zero-order chi connectivity index (χ0) is 7.72. The van der Waals surface area contributed by atoms with E-state index in [-0.39, 0.29) is 5.56 Å². The lowest BCUT2D eigenvalue weighted by molar-refractivity contribution is 1.13. The van der Waals surface area contributed by atoms with Crippen molar-refractivity contribution >= 4 is 58.0 Å². The van der Waals surface area contributed by atoms with Crippen molar-refractivity contribution in [2.24, 2.45) is 0 Å². The van der Waals surface area contributed by atoms with Crippen LogP contribution in [0.15, 0.2) is 17.1 Å². The molecule has 0 amide bonds. The van der Waals surface area contributed by atoms with Crippen molar-refractivity contribution in [3.8, 4) is 0 Å². The van der Waals surface area contributed by atoms with Gasteiger partial charge in [0.1, 0.15) is 0 Å². The summed E-state index contributed by atoms with van der Waals surface area (Å²) in [5.41, 5.74) is -0.0654. The molecule has 0 fully saturated rings. The van der Waals surface area contributed by atoms with Crippen LogP contribution < -0.4 is 5.56 Å². The molecular formula is C5H3I2NOS. The Morgan fingerprint density at radius 3 is 2.60 bits per heavy atom.